The molecule has 1 aliphatic rings. The van der Waals surface area contributed by atoms with Crippen LogP contribution in [0.1, 0.15) is 31.5 Å². The van der Waals surface area contributed by atoms with Crippen molar-refractivity contribution in [3.8, 4) is 0 Å². The number of hydrogen-bond donors (Lipinski definition) is 2. The lowest BCUT2D eigenvalue weighted by atomic mass is 10.2. The van der Waals surface area contributed by atoms with Gasteiger partial charge in [-0.05, 0) is 20.4 Å². The van der Waals surface area contributed by atoms with Gasteiger partial charge >= 0.3 is 0 Å². The van der Waals surface area contributed by atoms with Crippen LogP contribution in [0.4, 0.5) is 0 Å². The summed E-state index contributed by atoms with van der Waals surface area (Å²) >= 11 is 0. The molecule has 1 fully saturated rings. The van der Waals surface area contributed by atoms with Crippen molar-refractivity contribution in [2.24, 2.45) is 5.73 Å². The maximum Gasteiger partial charge on any atom is 0.251 e. The van der Waals surface area contributed by atoms with Gasteiger partial charge in [0.05, 0.1) is 6.61 Å². The van der Waals surface area contributed by atoms with Crippen LogP contribution in [-0.2, 0) is 11.2 Å². The van der Waals surface area contributed by atoms with E-state index >= 15 is 0 Å². The van der Waals surface area contributed by atoms with E-state index in [4.69, 9.17) is 10.5 Å². The molecule has 0 saturated carbocycles. The molecule has 1 unspecified atom stereocenters. The highest BCUT2D eigenvalue weighted by Gasteiger charge is 2.25. The predicted molar refractivity (Wildman–Crippen MR) is 73.0 cm³/mol. The van der Waals surface area contributed by atoms with Crippen molar-refractivity contribution in [1.82, 2.24) is 14.9 Å². The Kier molecular flexibility index (Phi) is 4.68. The van der Waals surface area contributed by atoms with Crippen molar-refractivity contribution in [1.29, 1.82) is 0 Å². The summed E-state index contributed by atoms with van der Waals surface area (Å²) in [6, 6.07) is 1.96. The molecule has 0 radical (unpaired) electrons. The minimum Gasteiger partial charge on any atom is -0.368 e. The molecule has 6 nitrogen and oxygen atoms in total. The van der Waals surface area contributed by atoms with Crippen molar-refractivity contribution < 1.29 is 4.74 Å². The third-order valence-electron chi connectivity index (χ3n) is 3.35. The molecule has 1 atom stereocenters. The molecule has 2 rings (SSSR count). The number of hydrogen-bond acceptors (Lipinski definition) is 5. The van der Waals surface area contributed by atoms with Crippen LogP contribution in [0.5, 0.6) is 0 Å². The van der Waals surface area contributed by atoms with Gasteiger partial charge < -0.3 is 15.5 Å². The maximum atomic E-state index is 11.6. The minimum absolute atomic E-state index is 0.140. The molecule has 0 aromatic carbocycles. The number of ether oxygens (including phenoxy) is 1. The predicted octanol–water partition coefficient (Wildman–Crippen LogP) is 0.0528. The molecule has 0 bridgehead atoms. The van der Waals surface area contributed by atoms with Crippen LogP contribution in [0.15, 0.2) is 10.9 Å². The number of rotatable bonds is 4. The number of H-pyrrole nitrogens is 1. The second kappa shape index (κ2) is 6.27. The summed E-state index contributed by atoms with van der Waals surface area (Å²) < 4.78 is 5.73. The Labute approximate surface area is 113 Å². The van der Waals surface area contributed by atoms with Crippen LogP contribution in [0, 0.1) is 0 Å². The average molecular weight is 266 g/mol. The van der Waals surface area contributed by atoms with Crippen molar-refractivity contribution >= 4 is 0 Å². The van der Waals surface area contributed by atoms with Gasteiger partial charge in [0.25, 0.3) is 5.56 Å². The van der Waals surface area contributed by atoms with Gasteiger partial charge in [0.15, 0.2) is 0 Å². The largest absolute Gasteiger partial charge is 0.368 e. The lowest BCUT2D eigenvalue weighted by Gasteiger charge is -2.34. The monoisotopic (exact) mass is 266 g/mol. The second-order valence-electron chi connectivity index (χ2n) is 5.11. The molecule has 3 N–H and O–H groups in total. The van der Waals surface area contributed by atoms with Crippen LogP contribution in [0.3, 0.4) is 0 Å². The smallest absolute Gasteiger partial charge is 0.251 e. The highest BCUT2D eigenvalue weighted by atomic mass is 16.5. The fourth-order valence-electron chi connectivity index (χ4n) is 2.26. The Bertz CT molecular complexity index is 472. The first kappa shape index (κ1) is 14.2. The van der Waals surface area contributed by atoms with E-state index < -0.39 is 0 Å². The molecular formula is C13H22N4O2. The molecule has 0 aliphatic carbocycles. The Morgan fingerprint density at radius 1 is 1.63 bits per heavy atom. The van der Waals surface area contributed by atoms with Crippen LogP contribution >= 0.6 is 0 Å². The quantitative estimate of drug-likeness (QED) is 0.804. The summed E-state index contributed by atoms with van der Waals surface area (Å²) in [5, 5.41) is 0. The van der Waals surface area contributed by atoms with E-state index in [9.17, 15) is 4.79 Å². The Balaban J connectivity index is 2.18. The van der Waals surface area contributed by atoms with Gasteiger partial charge in [-0.15, -0.1) is 0 Å². The first-order valence-corrected chi connectivity index (χ1v) is 6.76. The van der Waals surface area contributed by atoms with Gasteiger partial charge in [-0.3, -0.25) is 9.69 Å². The lowest BCUT2D eigenvalue weighted by Crippen LogP contribution is -2.43. The topological polar surface area (TPSA) is 84.2 Å². The highest BCUT2D eigenvalue weighted by molar-refractivity contribution is 5.06. The number of aromatic nitrogens is 2. The molecule has 19 heavy (non-hydrogen) atoms. The van der Waals surface area contributed by atoms with E-state index in [1.54, 1.807) is 0 Å². The summed E-state index contributed by atoms with van der Waals surface area (Å²) in [6.45, 7) is 7.13. The van der Waals surface area contributed by atoms with Crippen molar-refractivity contribution in [3.05, 3.63) is 27.9 Å². The molecule has 0 spiro atoms. The summed E-state index contributed by atoms with van der Waals surface area (Å²) in [5.41, 5.74) is 6.10. The van der Waals surface area contributed by atoms with Gasteiger partial charge in [0.1, 0.15) is 11.9 Å². The van der Waals surface area contributed by atoms with E-state index in [-0.39, 0.29) is 11.7 Å². The third kappa shape index (κ3) is 3.62. The normalized spacial score (nSPS) is 20.9. The Morgan fingerprint density at radius 3 is 3.11 bits per heavy atom. The molecule has 106 valence electrons. The molecular weight excluding hydrogens is 244 g/mol. The SMILES string of the molecule is CC(C)N1CCOC(c2nc(CCN)cc(=O)[nH]2)C1. The summed E-state index contributed by atoms with van der Waals surface area (Å²) in [6.07, 6.45) is 0.443. The zero-order valence-corrected chi connectivity index (χ0v) is 11.6. The first-order valence-electron chi connectivity index (χ1n) is 6.76. The van der Waals surface area contributed by atoms with Crippen molar-refractivity contribution in [2.75, 3.05) is 26.2 Å². The number of morpholine rings is 1. The number of aromatic amines is 1. The highest BCUT2D eigenvalue weighted by Crippen LogP contribution is 2.19. The molecule has 1 aromatic rings. The van der Waals surface area contributed by atoms with Crippen LogP contribution < -0.4 is 11.3 Å². The zero-order valence-electron chi connectivity index (χ0n) is 11.6. The number of nitrogens with one attached hydrogen (secondary N) is 1. The van der Waals surface area contributed by atoms with Crippen LogP contribution in [0.2, 0.25) is 0 Å². The zero-order chi connectivity index (χ0) is 13.8. The summed E-state index contributed by atoms with van der Waals surface area (Å²) in [4.78, 5) is 21.2. The molecule has 0 amide bonds. The number of nitrogens with two attached hydrogens (primary N) is 1. The average Bonchev–Trinajstić information content (AvgIpc) is 2.38. The second-order valence-corrected chi connectivity index (χ2v) is 5.11. The van der Waals surface area contributed by atoms with E-state index in [1.807, 2.05) is 0 Å². The van der Waals surface area contributed by atoms with E-state index in [2.05, 4.69) is 28.7 Å². The van der Waals surface area contributed by atoms with Crippen LogP contribution in [-0.4, -0.2) is 47.2 Å². The third-order valence-corrected chi connectivity index (χ3v) is 3.35. The van der Waals surface area contributed by atoms with Crippen molar-refractivity contribution in [3.63, 3.8) is 0 Å². The maximum absolute atomic E-state index is 11.6. The van der Waals surface area contributed by atoms with Crippen molar-refractivity contribution in [2.45, 2.75) is 32.4 Å². The van der Waals surface area contributed by atoms with E-state index in [0.29, 0.717) is 31.4 Å². The van der Waals surface area contributed by atoms with E-state index in [1.165, 1.54) is 6.07 Å². The summed E-state index contributed by atoms with van der Waals surface area (Å²) in [7, 11) is 0. The van der Waals surface area contributed by atoms with Gasteiger partial charge in [-0.1, -0.05) is 0 Å². The standard InChI is InChI=1S/C13H22N4O2/c1-9(2)17-5-6-19-11(8-17)13-15-10(3-4-14)7-12(18)16-13/h7,9,11H,3-6,8,14H2,1-2H3,(H,15,16,18). The molecule has 6 heteroatoms. The molecule has 1 aromatic heterocycles. The van der Waals surface area contributed by atoms with Gasteiger partial charge in [-0.25, -0.2) is 4.98 Å². The first-order chi connectivity index (χ1) is 9.10. The Morgan fingerprint density at radius 2 is 2.42 bits per heavy atom. The number of nitrogens with zero attached hydrogens (tertiary/aromatic N) is 2. The van der Waals surface area contributed by atoms with Gasteiger partial charge in [0.2, 0.25) is 0 Å². The molecule has 1 aliphatic heterocycles. The summed E-state index contributed by atoms with van der Waals surface area (Å²) in [5.74, 6) is 0.612. The fourth-order valence-corrected chi connectivity index (χ4v) is 2.26. The molecule has 1 saturated heterocycles. The minimum atomic E-state index is -0.165. The lowest BCUT2D eigenvalue weighted by molar-refractivity contribution is -0.0444. The van der Waals surface area contributed by atoms with Crippen LogP contribution in [0.25, 0.3) is 0 Å². The van der Waals surface area contributed by atoms with Gasteiger partial charge in [0, 0.05) is 37.3 Å². The molecule has 2 heterocycles. The van der Waals surface area contributed by atoms with E-state index in [0.717, 1.165) is 18.8 Å². The Hall–Kier alpha value is -1.24. The van der Waals surface area contributed by atoms with Gasteiger partial charge in [-0.2, -0.15) is 0 Å². The fraction of sp³-hybridized carbons (Fsp3) is 0.692.